The second-order valence-electron chi connectivity index (χ2n) is 11.0. The maximum absolute atomic E-state index is 5.20. The van der Waals surface area contributed by atoms with Crippen LogP contribution in [0.25, 0.3) is 61.4 Å². The highest BCUT2D eigenvalue weighted by molar-refractivity contribution is 6.03. The first kappa shape index (κ1) is 26.5. The van der Waals surface area contributed by atoms with E-state index in [0.29, 0.717) is 0 Å². The molecule has 0 saturated heterocycles. The highest BCUT2D eigenvalue weighted by atomic mass is 15.1. The Bertz CT molecular complexity index is 2280. The Labute approximate surface area is 261 Å². The second-order valence-corrected chi connectivity index (χ2v) is 11.0. The van der Waals surface area contributed by atoms with Crippen LogP contribution in [0.2, 0.25) is 0 Å². The number of fused-ring (bicyclic) bond motifs is 2. The first-order chi connectivity index (χ1) is 22.3. The predicted octanol–water partition coefficient (Wildman–Crippen LogP) is 9.80. The number of para-hydroxylation sites is 4. The van der Waals surface area contributed by atoms with Gasteiger partial charge in [0.15, 0.2) is 0 Å². The summed E-state index contributed by atoms with van der Waals surface area (Å²) < 4.78 is 2.24. The van der Waals surface area contributed by atoms with E-state index in [1.807, 2.05) is 36.4 Å². The number of allylic oxidation sites excluding steroid dienone is 2. The van der Waals surface area contributed by atoms with E-state index < -0.39 is 0 Å². The number of hydrogen-bond acceptors (Lipinski definition) is 4. The molecule has 8 rings (SSSR count). The van der Waals surface area contributed by atoms with Gasteiger partial charge in [-0.3, -0.25) is 9.56 Å². The van der Waals surface area contributed by atoms with Crippen LogP contribution in [0.5, 0.6) is 0 Å². The highest BCUT2D eigenvalue weighted by Gasteiger charge is 2.21. The molecular weight excluding hydrogens is 550 g/mol. The summed E-state index contributed by atoms with van der Waals surface area (Å²) in [6.07, 6.45) is 8.32. The number of aliphatic imine (C=N–C) groups is 1. The van der Waals surface area contributed by atoms with Crippen molar-refractivity contribution in [3.63, 3.8) is 0 Å². The monoisotopic (exact) mass is 579 g/mol. The first-order valence-electron chi connectivity index (χ1n) is 15.0. The van der Waals surface area contributed by atoms with Crippen LogP contribution < -0.4 is 4.90 Å². The summed E-state index contributed by atoms with van der Waals surface area (Å²) in [5, 5.41) is 0.986. The number of hydrogen-bond donors (Lipinski definition) is 0. The van der Waals surface area contributed by atoms with Crippen molar-refractivity contribution in [2.24, 2.45) is 4.99 Å². The van der Waals surface area contributed by atoms with Crippen LogP contribution in [0.15, 0.2) is 157 Å². The molecule has 0 atom stereocenters. The Morgan fingerprint density at radius 1 is 0.622 bits per heavy atom. The Morgan fingerprint density at radius 2 is 1.31 bits per heavy atom. The highest BCUT2D eigenvalue weighted by Crippen LogP contribution is 2.43. The summed E-state index contributed by atoms with van der Waals surface area (Å²) in [5.41, 5.74) is 10.9. The molecule has 0 unspecified atom stereocenters. The molecule has 0 amide bonds. The van der Waals surface area contributed by atoms with Crippen LogP contribution in [-0.4, -0.2) is 27.8 Å². The van der Waals surface area contributed by atoms with Gasteiger partial charge in [0, 0.05) is 34.9 Å². The Hall–Kier alpha value is -6.07. The van der Waals surface area contributed by atoms with E-state index in [0.717, 1.165) is 79.3 Å². The third-order valence-electron chi connectivity index (χ3n) is 8.27. The fourth-order valence-corrected chi connectivity index (χ4v) is 6.19. The van der Waals surface area contributed by atoms with Crippen LogP contribution in [-0.2, 0) is 0 Å². The Morgan fingerprint density at radius 3 is 2.09 bits per heavy atom. The maximum atomic E-state index is 5.20. The van der Waals surface area contributed by atoms with Gasteiger partial charge in [0.05, 0.1) is 33.6 Å². The van der Waals surface area contributed by atoms with Gasteiger partial charge in [0.25, 0.3) is 0 Å². The van der Waals surface area contributed by atoms with Crippen molar-refractivity contribution in [3.8, 4) is 39.5 Å². The summed E-state index contributed by atoms with van der Waals surface area (Å²) in [6, 6.07) is 44.1. The summed E-state index contributed by atoms with van der Waals surface area (Å²) in [5.74, 6) is 0.908. The fraction of sp³-hybridized carbons (Fsp3) is 0.0250. The number of rotatable bonds is 6. The first-order valence-corrected chi connectivity index (χ1v) is 15.0. The molecule has 214 valence electrons. The van der Waals surface area contributed by atoms with E-state index in [4.69, 9.17) is 9.97 Å². The van der Waals surface area contributed by atoms with Gasteiger partial charge in [-0.2, -0.15) is 0 Å². The van der Waals surface area contributed by atoms with E-state index in [1.54, 1.807) is 0 Å². The summed E-state index contributed by atoms with van der Waals surface area (Å²) in [4.78, 5) is 17.0. The summed E-state index contributed by atoms with van der Waals surface area (Å²) in [6.45, 7) is 4.70. The van der Waals surface area contributed by atoms with Crippen LogP contribution in [0.4, 0.5) is 11.4 Å². The molecule has 0 N–H and O–H groups in total. The normalized spacial score (nSPS) is 12.7. The number of aromatic nitrogens is 3. The molecule has 3 heterocycles. The summed E-state index contributed by atoms with van der Waals surface area (Å²) >= 11 is 0. The van der Waals surface area contributed by atoms with Gasteiger partial charge in [-0.1, -0.05) is 97.1 Å². The Balaban J connectivity index is 1.28. The van der Waals surface area contributed by atoms with Gasteiger partial charge in [-0.05, 0) is 66.4 Å². The number of benzene rings is 5. The number of anilines is 1. The average Bonchev–Trinajstić information content (AvgIpc) is 3.51. The number of imidazole rings is 1. The molecular formula is C40H29N5. The lowest BCUT2D eigenvalue weighted by atomic mass is 9.98. The number of nitrogens with zero attached hydrogens (tertiary/aromatic N) is 5. The molecule has 5 aromatic carbocycles. The smallest absolute Gasteiger partial charge is 0.145 e. The molecule has 0 saturated carbocycles. The van der Waals surface area contributed by atoms with E-state index in [1.165, 1.54) is 0 Å². The fourth-order valence-electron chi connectivity index (χ4n) is 6.19. The second kappa shape index (κ2) is 11.2. The van der Waals surface area contributed by atoms with Crippen LogP contribution in [0.3, 0.4) is 0 Å². The molecule has 2 aromatic heterocycles. The maximum Gasteiger partial charge on any atom is 0.145 e. The van der Waals surface area contributed by atoms with Crippen LogP contribution in [0, 0.1) is 0 Å². The molecule has 5 heteroatoms. The van der Waals surface area contributed by atoms with Crippen molar-refractivity contribution in [2.75, 3.05) is 11.4 Å². The third kappa shape index (κ3) is 4.71. The quantitative estimate of drug-likeness (QED) is 0.184. The molecule has 0 spiro atoms. The van der Waals surface area contributed by atoms with Gasteiger partial charge in [-0.25, -0.2) is 9.97 Å². The van der Waals surface area contributed by atoms with Gasteiger partial charge in [0.2, 0.25) is 0 Å². The van der Waals surface area contributed by atoms with Crippen molar-refractivity contribution < 1.29 is 0 Å². The van der Waals surface area contributed by atoms with Crippen molar-refractivity contribution in [1.82, 2.24) is 14.5 Å². The topological polar surface area (TPSA) is 46.3 Å². The molecule has 0 bridgehead atoms. The molecule has 5 nitrogen and oxygen atoms in total. The lowest BCUT2D eigenvalue weighted by molar-refractivity contribution is 1.07. The van der Waals surface area contributed by atoms with Gasteiger partial charge >= 0.3 is 0 Å². The minimum absolute atomic E-state index is 0.732. The zero-order valence-electron chi connectivity index (χ0n) is 24.6. The number of pyridine rings is 1. The molecule has 7 aromatic rings. The standard InChI is InChI=1S/C40H29N5/c1-41-38-33-20-6-7-21-34(33)42-37(39(38)44-24-10-3-11-25-44)30-16-12-14-28(26-30)29-15-13-17-31(27-29)40-43-35-22-8-9-23-36(35)45(40)32-18-4-2-5-19-32/h2-24,26-27H,1,25H2. The summed E-state index contributed by atoms with van der Waals surface area (Å²) in [7, 11) is 0. The average molecular weight is 580 g/mol. The van der Waals surface area contributed by atoms with Gasteiger partial charge < -0.3 is 4.90 Å². The van der Waals surface area contributed by atoms with E-state index in [9.17, 15) is 0 Å². The largest absolute Gasteiger partial charge is 0.341 e. The van der Waals surface area contributed by atoms with Gasteiger partial charge in [-0.15, -0.1) is 0 Å². The van der Waals surface area contributed by atoms with Crippen LogP contribution >= 0.6 is 0 Å². The van der Waals surface area contributed by atoms with Crippen molar-refractivity contribution in [1.29, 1.82) is 0 Å². The minimum Gasteiger partial charge on any atom is -0.341 e. The van der Waals surface area contributed by atoms with E-state index in [2.05, 4.69) is 137 Å². The molecule has 1 aliphatic rings. The molecule has 0 radical (unpaired) electrons. The third-order valence-corrected chi connectivity index (χ3v) is 8.27. The van der Waals surface area contributed by atoms with Crippen molar-refractivity contribution in [2.45, 2.75) is 0 Å². The molecule has 1 aliphatic heterocycles. The lowest BCUT2D eigenvalue weighted by Gasteiger charge is -2.26. The molecule has 0 fully saturated rings. The van der Waals surface area contributed by atoms with Gasteiger partial charge in [0.1, 0.15) is 5.82 Å². The van der Waals surface area contributed by atoms with Crippen molar-refractivity contribution in [3.05, 3.63) is 152 Å². The SMILES string of the molecule is C=Nc1c(N2C=CC=CC2)c(-c2cccc(-c3cccc(-c4nc5ccccc5n4-c4ccccc4)c3)c2)nc2ccccc12. The van der Waals surface area contributed by atoms with E-state index in [-0.39, 0.29) is 0 Å². The lowest BCUT2D eigenvalue weighted by Crippen LogP contribution is -2.19. The molecule has 0 aliphatic carbocycles. The Kier molecular flexibility index (Phi) is 6.61. The van der Waals surface area contributed by atoms with Crippen molar-refractivity contribution >= 4 is 40.0 Å². The zero-order chi connectivity index (χ0) is 30.2. The molecule has 45 heavy (non-hydrogen) atoms. The predicted molar refractivity (Wildman–Crippen MR) is 188 cm³/mol. The zero-order valence-corrected chi connectivity index (χ0v) is 24.6. The van der Waals surface area contributed by atoms with E-state index >= 15 is 0 Å². The minimum atomic E-state index is 0.732. The van der Waals surface area contributed by atoms with Crippen LogP contribution in [0.1, 0.15) is 0 Å².